The van der Waals surface area contributed by atoms with Crippen LogP contribution in [0, 0.1) is 0 Å². The first-order chi connectivity index (χ1) is 19.4. The van der Waals surface area contributed by atoms with Gasteiger partial charge in [-0.2, -0.15) is 0 Å². The molecule has 6 rings (SSSR count). The Hall–Kier alpha value is -3.98. The molecule has 1 amide bonds. The van der Waals surface area contributed by atoms with E-state index in [9.17, 15) is 9.59 Å². The fourth-order valence-corrected chi connectivity index (χ4v) is 6.20. The lowest BCUT2D eigenvalue weighted by Crippen LogP contribution is -2.40. The molecule has 0 fully saturated rings. The van der Waals surface area contributed by atoms with Gasteiger partial charge in [-0.3, -0.25) is 14.2 Å². The third kappa shape index (κ3) is 5.13. The van der Waals surface area contributed by atoms with Crippen LogP contribution in [0.1, 0.15) is 24.3 Å². The van der Waals surface area contributed by atoms with Gasteiger partial charge in [-0.05, 0) is 61.0 Å². The average molecular weight is 631 g/mol. The number of para-hydroxylation sites is 1. The molecule has 1 unspecified atom stereocenters. The number of nitrogens with one attached hydrogen (secondary N) is 1. The molecule has 1 aliphatic rings. The summed E-state index contributed by atoms with van der Waals surface area (Å²) in [7, 11) is 0. The molecule has 0 aliphatic carbocycles. The zero-order valence-electron chi connectivity index (χ0n) is 21.1. The summed E-state index contributed by atoms with van der Waals surface area (Å²) in [4.78, 5) is 32.7. The van der Waals surface area contributed by atoms with Crippen LogP contribution in [-0.4, -0.2) is 10.5 Å². The van der Waals surface area contributed by atoms with Gasteiger partial charge in [0, 0.05) is 26.8 Å². The van der Waals surface area contributed by atoms with Crippen molar-refractivity contribution in [1.82, 2.24) is 4.57 Å². The summed E-state index contributed by atoms with van der Waals surface area (Å²) in [6.07, 6.45) is 1.72. The maximum Gasteiger partial charge on any atom is 0.271 e. The minimum absolute atomic E-state index is 0.262. The maximum absolute atomic E-state index is 13.9. The van der Waals surface area contributed by atoms with Crippen molar-refractivity contribution >= 4 is 56.5 Å². The number of allylic oxidation sites excluding steroid dienone is 1. The van der Waals surface area contributed by atoms with E-state index >= 15 is 0 Å². The van der Waals surface area contributed by atoms with Gasteiger partial charge in [0.15, 0.2) is 4.80 Å². The second-order valence-corrected chi connectivity index (χ2v) is 11.5. The highest BCUT2D eigenvalue weighted by Gasteiger charge is 2.32. The summed E-state index contributed by atoms with van der Waals surface area (Å²) >= 11 is 10.9. The van der Waals surface area contributed by atoms with E-state index < -0.39 is 6.04 Å². The number of nitrogens with zero attached hydrogens (tertiary/aromatic N) is 2. The van der Waals surface area contributed by atoms with Gasteiger partial charge < -0.3 is 9.73 Å². The number of anilines is 1. The van der Waals surface area contributed by atoms with Crippen molar-refractivity contribution in [2.24, 2.45) is 4.99 Å². The molecule has 0 spiro atoms. The van der Waals surface area contributed by atoms with Crippen molar-refractivity contribution in [3.63, 3.8) is 0 Å². The summed E-state index contributed by atoms with van der Waals surface area (Å²) in [5, 5.41) is 3.51. The van der Waals surface area contributed by atoms with Crippen molar-refractivity contribution in [3.05, 3.63) is 143 Å². The quantitative estimate of drug-likeness (QED) is 0.239. The Bertz CT molecular complexity index is 1960. The zero-order chi connectivity index (χ0) is 27.8. The Morgan fingerprint density at radius 3 is 2.58 bits per heavy atom. The van der Waals surface area contributed by atoms with E-state index in [-0.39, 0.29) is 11.5 Å². The number of rotatable bonds is 5. The van der Waals surface area contributed by atoms with Crippen LogP contribution in [0.5, 0.6) is 0 Å². The molecule has 9 heteroatoms. The molecule has 3 heterocycles. The summed E-state index contributed by atoms with van der Waals surface area (Å²) < 4.78 is 9.02. The molecule has 3 aromatic carbocycles. The first kappa shape index (κ1) is 26.3. The summed E-state index contributed by atoms with van der Waals surface area (Å²) in [6, 6.07) is 27.2. The van der Waals surface area contributed by atoms with E-state index in [1.807, 2.05) is 78.9 Å². The minimum atomic E-state index is -0.687. The van der Waals surface area contributed by atoms with Crippen molar-refractivity contribution in [1.29, 1.82) is 0 Å². The Balaban J connectivity index is 1.45. The van der Waals surface area contributed by atoms with Crippen molar-refractivity contribution < 1.29 is 9.21 Å². The van der Waals surface area contributed by atoms with Crippen LogP contribution in [0.3, 0.4) is 0 Å². The van der Waals surface area contributed by atoms with Crippen molar-refractivity contribution in [2.75, 3.05) is 5.32 Å². The van der Waals surface area contributed by atoms with E-state index in [0.717, 1.165) is 15.6 Å². The molecular weight excluding hydrogens is 610 g/mol. The molecule has 40 heavy (non-hydrogen) atoms. The zero-order valence-corrected chi connectivity index (χ0v) is 24.3. The topological polar surface area (TPSA) is 76.6 Å². The van der Waals surface area contributed by atoms with Gasteiger partial charge in [0.1, 0.15) is 11.5 Å². The molecule has 198 valence electrons. The predicted molar refractivity (Wildman–Crippen MR) is 162 cm³/mol. The third-order valence-corrected chi connectivity index (χ3v) is 8.22. The molecule has 0 radical (unpaired) electrons. The van der Waals surface area contributed by atoms with Crippen LogP contribution >= 0.6 is 38.9 Å². The summed E-state index contributed by atoms with van der Waals surface area (Å²) in [6.45, 7) is 1.79. The number of hydrogen-bond donors (Lipinski definition) is 1. The van der Waals surface area contributed by atoms with Gasteiger partial charge in [0.25, 0.3) is 11.5 Å². The highest BCUT2D eigenvalue weighted by molar-refractivity contribution is 9.10. The molecule has 1 N–H and O–H groups in total. The number of carbonyl (C=O) groups is 1. The number of hydrogen-bond acceptors (Lipinski definition) is 5. The lowest BCUT2D eigenvalue weighted by Gasteiger charge is -2.25. The minimum Gasteiger partial charge on any atom is -0.457 e. The summed E-state index contributed by atoms with van der Waals surface area (Å²) in [5.41, 5.74) is 2.99. The van der Waals surface area contributed by atoms with Gasteiger partial charge in [0.05, 0.1) is 21.8 Å². The second-order valence-electron chi connectivity index (χ2n) is 9.17. The Morgan fingerprint density at radius 1 is 1.05 bits per heavy atom. The second kappa shape index (κ2) is 10.9. The Morgan fingerprint density at radius 2 is 1.82 bits per heavy atom. The molecule has 0 saturated heterocycles. The lowest BCUT2D eigenvalue weighted by atomic mass is 9.95. The van der Waals surface area contributed by atoms with Gasteiger partial charge in [-0.1, -0.05) is 81.3 Å². The molecule has 0 bridgehead atoms. The number of carbonyl (C=O) groups excluding carboxylic acids is 1. The number of fused-ring (bicyclic) bond motifs is 1. The number of benzene rings is 3. The van der Waals surface area contributed by atoms with Crippen LogP contribution in [0.2, 0.25) is 5.02 Å². The van der Waals surface area contributed by atoms with Crippen molar-refractivity contribution in [2.45, 2.75) is 13.0 Å². The average Bonchev–Trinajstić information content (AvgIpc) is 3.53. The molecule has 0 saturated carbocycles. The van der Waals surface area contributed by atoms with E-state index in [2.05, 4.69) is 26.2 Å². The normalized spacial score (nSPS) is 15.1. The van der Waals surface area contributed by atoms with Crippen LogP contribution in [0.4, 0.5) is 5.69 Å². The molecular formula is C31H21BrClN3O3S. The van der Waals surface area contributed by atoms with Crippen LogP contribution < -0.4 is 20.2 Å². The highest BCUT2D eigenvalue weighted by atomic mass is 79.9. The summed E-state index contributed by atoms with van der Waals surface area (Å²) in [5.74, 6) is 0.905. The highest BCUT2D eigenvalue weighted by Crippen LogP contribution is 2.31. The number of furan rings is 1. The lowest BCUT2D eigenvalue weighted by molar-refractivity contribution is -0.113. The first-order valence-corrected chi connectivity index (χ1v) is 14.4. The number of thiazole rings is 1. The van der Waals surface area contributed by atoms with Crippen LogP contribution in [0.15, 0.2) is 121 Å². The molecule has 1 aliphatic heterocycles. The monoisotopic (exact) mass is 629 g/mol. The van der Waals surface area contributed by atoms with Crippen LogP contribution in [0.25, 0.3) is 17.4 Å². The fraction of sp³-hybridized carbons (Fsp3) is 0.0645. The van der Waals surface area contributed by atoms with Gasteiger partial charge >= 0.3 is 0 Å². The van der Waals surface area contributed by atoms with Crippen molar-refractivity contribution in [3.8, 4) is 11.3 Å². The van der Waals surface area contributed by atoms with E-state index in [1.165, 1.54) is 11.3 Å². The number of amides is 1. The SMILES string of the molecule is CC1=C(C(=O)Nc2ccccc2)C(c2ccc(Cl)cc2)n2c(s/c(=C\c3ccc(-c4cccc(Br)c4)o3)c2=O)=N1. The molecule has 5 aromatic rings. The van der Waals surface area contributed by atoms with E-state index in [0.29, 0.717) is 42.8 Å². The Labute approximate surface area is 246 Å². The van der Waals surface area contributed by atoms with Crippen LogP contribution in [-0.2, 0) is 4.79 Å². The predicted octanol–water partition coefficient (Wildman–Crippen LogP) is 6.55. The van der Waals surface area contributed by atoms with E-state index in [4.69, 9.17) is 16.0 Å². The maximum atomic E-state index is 13.9. The van der Waals surface area contributed by atoms with Gasteiger partial charge in [-0.15, -0.1) is 0 Å². The molecule has 1 atom stereocenters. The number of aromatic nitrogens is 1. The van der Waals surface area contributed by atoms with E-state index in [1.54, 1.807) is 29.7 Å². The van der Waals surface area contributed by atoms with Gasteiger partial charge in [0.2, 0.25) is 0 Å². The number of halogens is 2. The largest absolute Gasteiger partial charge is 0.457 e. The first-order valence-electron chi connectivity index (χ1n) is 12.4. The standard InChI is InChI=1S/C31H21BrClN3O3S/c1-18-27(29(37)35-23-8-3-2-4-9-23)28(19-10-12-22(33)13-11-19)36-30(38)26(40-31(36)34-18)17-24-14-15-25(39-24)20-6-5-7-21(32)16-20/h2-17,28H,1H3,(H,35,37)/b26-17-. The molecule has 2 aromatic heterocycles. The third-order valence-electron chi connectivity index (χ3n) is 6.49. The smallest absolute Gasteiger partial charge is 0.271 e. The fourth-order valence-electron chi connectivity index (χ4n) is 4.65. The Kier molecular flexibility index (Phi) is 7.14. The molecule has 6 nitrogen and oxygen atoms in total. The van der Waals surface area contributed by atoms with Gasteiger partial charge in [-0.25, -0.2) is 4.99 Å².